The number of nitrogens with zero attached hydrogens (tertiary/aromatic N) is 2. The number of hydrogen-bond donors (Lipinski definition) is 3. The molecule has 0 saturated carbocycles. The van der Waals surface area contributed by atoms with Crippen LogP contribution >= 0.6 is 0 Å². The predicted octanol–water partition coefficient (Wildman–Crippen LogP) is 2.30. The predicted molar refractivity (Wildman–Crippen MR) is 113 cm³/mol. The quantitative estimate of drug-likeness (QED) is 0.378. The third-order valence-electron chi connectivity index (χ3n) is 5.13. The van der Waals surface area contributed by atoms with Crippen LogP contribution in [0.25, 0.3) is 10.9 Å². The fourth-order valence-corrected chi connectivity index (χ4v) is 3.54. The molecule has 0 bridgehead atoms. The van der Waals surface area contributed by atoms with E-state index in [0.29, 0.717) is 0 Å². The number of unbranched alkanes of at least 4 members (excludes halogenated alkanes) is 1. The van der Waals surface area contributed by atoms with Crippen molar-refractivity contribution in [2.45, 2.75) is 26.2 Å². The first-order valence-electron chi connectivity index (χ1n) is 10.1. The first-order valence-corrected chi connectivity index (χ1v) is 10.1. The van der Waals surface area contributed by atoms with Gasteiger partial charge in [0.05, 0.1) is 13.2 Å². The van der Waals surface area contributed by atoms with Gasteiger partial charge in [0, 0.05) is 50.3 Å². The summed E-state index contributed by atoms with van der Waals surface area (Å²) in [6.07, 6.45) is 5.45. The zero-order valence-electron chi connectivity index (χ0n) is 16.7. The highest BCUT2D eigenvalue weighted by Crippen LogP contribution is 2.19. The summed E-state index contributed by atoms with van der Waals surface area (Å²) in [4.78, 5) is 10.2. The zero-order chi connectivity index (χ0) is 18.9. The molecule has 6 heteroatoms. The van der Waals surface area contributed by atoms with Gasteiger partial charge in [-0.2, -0.15) is 0 Å². The minimum atomic E-state index is 0.869. The van der Waals surface area contributed by atoms with Crippen LogP contribution in [0.15, 0.2) is 29.4 Å². The summed E-state index contributed by atoms with van der Waals surface area (Å²) in [7, 11) is 1.83. The zero-order valence-corrected chi connectivity index (χ0v) is 16.7. The van der Waals surface area contributed by atoms with Crippen molar-refractivity contribution in [3.8, 4) is 0 Å². The van der Waals surface area contributed by atoms with Gasteiger partial charge in [0.15, 0.2) is 5.96 Å². The van der Waals surface area contributed by atoms with Crippen LogP contribution in [0.5, 0.6) is 0 Å². The highest BCUT2D eigenvalue weighted by atomic mass is 16.5. The fourth-order valence-electron chi connectivity index (χ4n) is 3.54. The minimum Gasteiger partial charge on any atom is -0.379 e. The Bertz CT molecular complexity index is 733. The van der Waals surface area contributed by atoms with E-state index in [1.165, 1.54) is 28.5 Å². The molecule has 2 aromatic rings. The van der Waals surface area contributed by atoms with E-state index in [1.807, 2.05) is 7.05 Å². The van der Waals surface area contributed by atoms with E-state index in [9.17, 15) is 0 Å². The molecular formula is C21H33N5O. The molecule has 2 heterocycles. The van der Waals surface area contributed by atoms with Crippen molar-refractivity contribution in [2.24, 2.45) is 4.99 Å². The van der Waals surface area contributed by atoms with E-state index in [4.69, 9.17) is 4.74 Å². The number of guanidine groups is 1. The standard InChI is InChI=1S/C21H33N5O/c1-17-5-6-19-18(16-25-20(19)15-17)7-9-24-21(22-2)23-8-3-4-10-26-11-13-27-14-12-26/h5-6,15-16,25H,3-4,7-14H2,1-2H3,(H2,22,23,24). The van der Waals surface area contributed by atoms with Gasteiger partial charge in [-0.1, -0.05) is 12.1 Å². The van der Waals surface area contributed by atoms with Crippen LogP contribution in [0.3, 0.4) is 0 Å². The van der Waals surface area contributed by atoms with Gasteiger partial charge in [-0.15, -0.1) is 0 Å². The fraction of sp³-hybridized carbons (Fsp3) is 0.571. The summed E-state index contributed by atoms with van der Waals surface area (Å²) in [5.41, 5.74) is 3.85. The van der Waals surface area contributed by atoms with E-state index < -0.39 is 0 Å². The van der Waals surface area contributed by atoms with Crippen molar-refractivity contribution in [1.29, 1.82) is 0 Å². The molecule has 0 radical (unpaired) electrons. The Kier molecular flexibility index (Phi) is 7.54. The normalized spacial score (nSPS) is 16.0. The van der Waals surface area contributed by atoms with Gasteiger partial charge in [-0.25, -0.2) is 0 Å². The first-order chi connectivity index (χ1) is 13.3. The third kappa shape index (κ3) is 5.97. The molecule has 0 amide bonds. The molecule has 0 atom stereocenters. The molecule has 1 aliphatic heterocycles. The van der Waals surface area contributed by atoms with Gasteiger partial charge in [0.2, 0.25) is 0 Å². The Morgan fingerprint density at radius 1 is 1.19 bits per heavy atom. The smallest absolute Gasteiger partial charge is 0.190 e. The molecule has 0 aliphatic carbocycles. The number of rotatable bonds is 8. The molecule has 3 rings (SSSR count). The van der Waals surface area contributed by atoms with E-state index in [0.717, 1.165) is 64.7 Å². The van der Waals surface area contributed by atoms with E-state index in [-0.39, 0.29) is 0 Å². The van der Waals surface area contributed by atoms with E-state index in [1.54, 1.807) is 0 Å². The average Bonchev–Trinajstić information content (AvgIpc) is 3.09. The number of aromatic amines is 1. The van der Waals surface area contributed by atoms with Crippen molar-refractivity contribution >= 4 is 16.9 Å². The monoisotopic (exact) mass is 371 g/mol. The highest BCUT2D eigenvalue weighted by molar-refractivity contribution is 5.84. The molecular weight excluding hydrogens is 338 g/mol. The van der Waals surface area contributed by atoms with Gasteiger partial charge in [-0.3, -0.25) is 9.89 Å². The molecule has 1 aromatic carbocycles. The number of aliphatic imine (C=N–C) groups is 1. The van der Waals surface area contributed by atoms with Gasteiger partial charge in [0.25, 0.3) is 0 Å². The molecule has 1 aromatic heterocycles. The summed E-state index contributed by atoms with van der Waals surface area (Å²) >= 11 is 0. The summed E-state index contributed by atoms with van der Waals surface area (Å²) in [6.45, 7) is 9.02. The molecule has 3 N–H and O–H groups in total. The number of ether oxygens (including phenoxy) is 1. The third-order valence-corrected chi connectivity index (χ3v) is 5.13. The molecule has 1 saturated heterocycles. The van der Waals surface area contributed by atoms with Crippen molar-refractivity contribution < 1.29 is 4.74 Å². The van der Waals surface area contributed by atoms with Crippen molar-refractivity contribution in [2.75, 3.05) is 53.0 Å². The Hall–Kier alpha value is -2.05. The summed E-state index contributed by atoms with van der Waals surface area (Å²) in [6, 6.07) is 6.58. The number of fused-ring (bicyclic) bond motifs is 1. The van der Waals surface area contributed by atoms with Crippen LogP contribution in [0, 0.1) is 6.92 Å². The second kappa shape index (κ2) is 10.3. The molecule has 1 fully saturated rings. The van der Waals surface area contributed by atoms with Crippen LogP contribution in [0.4, 0.5) is 0 Å². The van der Waals surface area contributed by atoms with Crippen LogP contribution in [-0.2, 0) is 11.2 Å². The van der Waals surface area contributed by atoms with Gasteiger partial charge in [-0.05, 0) is 49.9 Å². The van der Waals surface area contributed by atoms with Crippen molar-refractivity contribution in [3.63, 3.8) is 0 Å². The molecule has 0 unspecified atom stereocenters. The Balaban J connectivity index is 1.32. The average molecular weight is 372 g/mol. The molecule has 0 spiro atoms. The van der Waals surface area contributed by atoms with Gasteiger partial charge >= 0.3 is 0 Å². The summed E-state index contributed by atoms with van der Waals surface area (Å²) in [5, 5.41) is 8.16. The SMILES string of the molecule is CN=C(NCCCCN1CCOCC1)NCCc1c[nH]c2cc(C)ccc12. The minimum absolute atomic E-state index is 0.869. The van der Waals surface area contributed by atoms with Crippen LogP contribution in [0.2, 0.25) is 0 Å². The molecule has 148 valence electrons. The first kappa shape index (κ1) is 19.7. The number of aryl methyl sites for hydroxylation is 1. The van der Waals surface area contributed by atoms with Crippen molar-refractivity contribution in [1.82, 2.24) is 20.5 Å². The number of aromatic nitrogens is 1. The number of H-pyrrole nitrogens is 1. The lowest BCUT2D eigenvalue weighted by Gasteiger charge is -2.26. The maximum absolute atomic E-state index is 5.39. The number of benzene rings is 1. The Morgan fingerprint density at radius 2 is 2.00 bits per heavy atom. The Labute approximate surface area is 162 Å². The van der Waals surface area contributed by atoms with Gasteiger partial charge in [0.1, 0.15) is 0 Å². The van der Waals surface area contributed by atoms with Crippen LogP contribution < -0.4 is 10.6 Å². The Morgan fingerprint density at radius 3 is 2.81 bits per heavy atom. The second-order valence-electron chi connectivity index (χ2n) is 7.20. The molecule has 1 aliphatic rings. The summed E-state index contributed by atoms with van der Waals surface area (Å²) < 4.78 is 5.39. The maximum Gasteiger partial charge on any atom is 0.190 e. The maximum atomic E-state index is 5.39. The molecule has 6 nitrogen and oxygen atoms in total. The lowest BCUT2D eigenvalue weighted by Crippen LogP contribution is -2.39. The van der Waals surface area contributed by atoms with E-state index in [2.05, 4.69) is 56.8 Å². The highest BCUT2D eigenvalue weighted by Gasteiger charge is 2.09. The van der Waals surface area contributed by atoms with E-state index >= 15 is 0 Å². The number of morpholine rings is 1. The number of hydrogen-bond acceptors (Lipinski definition) is 3. The van der Waals surface area contributed by atoms with Crippen LogP contribution in [0.1, 0.15) is 24.0 Å². The second-order valence-corrected chi connectivity index (χ2v) is 7.20. The van der Waals surface area contributed by atoms with Gasteiger partial charge < -0.3 is 20.4 Å². The van der Waals surface area contributed by atoms with Crippen molar-refractivity contribution in [3.05, 3.63) is 35.5 Å². The van der Waals surface area contributed by atoms with Crippen LogP contribution in [-0.4, -0.2) is 68.8 Å². The lowest BCUT2D eigenvalue weighted by atomic mass is 10.1. The summed E-state index contributed by atoms with van der Waals surface area (Å²) in [5.74, 6) is 0.886. The lowest BCUT2D eigenvalue weighted by molar-refractivity contribution is 0.0372. The largest absolute Gasteiger partial charge is 0.379 e. The number of nitrogens with one attached hydrogen (secondary N) is 3. The molecule has 27 heavy (non-hydrogen) atoms. The topological polar surface area (TPSA) is 64.7 Å².